The van der Waals surface area contributed by atoms with Gasteiger partial charge in [0, 0.05) is 22.7 Å². The number of hydrogen-bond donors (Lipinski definition) is 0. The van der Waals surface area contributed by atoms with Crippen molar-refractivity contribution >= 4 is 17.5 Å². The van der Waals surface area contributed by atoms with Gasteiger partial charge < -0.3 is 14.2 Å². The van der Waals surface area contributed by atoms with Gasteiger partial charge in [-0.25, -0.2) is 0 Å². The number of rotatable bonds is 2. The summed E-state index contributed by atoms with van der Waals surface area (Å²) in [5.74, 6) is -0.854. The van der Waals surface area contributed by atoms with Crippen molar-refractivity contribution in [3.63, 3.8) is 0 Å². The number of hydrogen-bond acceptors (Lipinski definition) is 6. The highest BCUT2D eigenvalue weighted by Crippen LogP contribution is 2.67. The van der Waals surface area contributed by atoms with E-state index < -0.39 is 22.9 Å². The smallest absolute Gasteiger partial charge is 0.306 e. The van der Waals surface area contributed by atoms with Gasteiger partial charge in [0.25, 0.3) is 0 Å². The quantitative estimate of drug-likeness (QED) is 0.677. The summed E-state index contributed by atoms with van der Waals surface area (Å²) < 4.78 is 16.7. The molecular formula is C22H28O6. The van der Waals surface area contributed by atoms with Crippen LogP contribution in [-0.4, -0.2) is 37.9 Å². The van der Waals surface area contributed by atoms with Crippen LogP contribution in [0.1, 0.15) is 40.5 Å². The Morgan fingerprint density at radius 2 is 1.82 bits per heavy atom. The average molecular weight is 388 g/mol. The number of fused-ring (bicyclic) bond motifs is 2. The predicted octanol–water partition coefficient (Wildman–Crippen LogP) is 2.82. The van der Waals surface area contributed by atoms with Gasteiger partial charge in [0.2, 0.25) is 11.6 Å². The normalized spacial score (nSPS) is 45.0. The lowest BCUT2D eigenvalue weighted by atomic mass is 9.40. The van der Waals surface area contributed by atoms with Crippen molar-refractivity contribution in [2.24, 2.45) is 34.5 Å². The number of ketones is 2. The van der Waals surface area contributed by atoms with E-state index in [1.807, 2.05) is 33.8 Å². The summed E-state index contributed by atoms with van der Waals surface area (Å²) in [6.07, 6.45) is 2.21. The monoisotopic (exact) mass is 388 g/mol. The van der Waals surface area contributed by atoms with Crippen molar-refractivity contribution in [2.45, 2.75) is 46.6 Å². The number of ether oxygens (including phenoxy) is 3. The molecule has 0 aromatic heterocycles. The van der Waals surface area contributed by atoms with E-state index in [0.717, 1.165) is 5.57 Å². The summed E-state index contributed by atoms with van der Waals surface area (Å²) in [6.45, 7) is 7.80. The van der Waals surface area contributed by atoms with Crippen molar-refractivity contribution in [1.29, 1.82) is 0 Å². The molecule has 1 aliphatic heterocycles. The zero-order valence-electron chi connectivity index (χ0n) is 17.3. The van der Waals surface area contributed by atoms with Gasteiger partial charge in [-0.3, -0.25) is 14.4 Å². The number of carbonyl (C=O) groups is 3. The summed E-state index contributed by atoms with van der Waals surface area (Å²) in [6, 6.07) is 0. The number of carbonyl (C=O) groups excluding carboxylic acids is 3. The molecule has 2 fully saturated rings. The van der Waals surface area contributed by atoms with Crippen LogP contribution in [0.2, 0.25) is 0 Å². The molecule has 6 nitrogen and oxygen atoms in total. The summed E-state index contributed by atoms with van der Waals surface area (Å²) in [5.41, 5.74) is -0.795. The van der Waals surface area contributed by atoms with E-state index >= 15 is 0 Å². The standard InChI is InChI=1S/C22H28O6/c1-10-7-14(26-5)20(25)22(4)12(10)8-15-21(3)13(9-16(23)28-15)11(2)18(27-6)17(24)19(21)22/h7,10,12-13,15,19H,8-9H2,1-6H3/t10-,12?,13+,15?,19?,21-,22+/m1/s1. The van der Waals surface area contributed by atoms with Crippen LogP contribution in [0, 0.1) is 34.5 Å². The Hall–Kier alpha value is -2.11. The van der Waals surface area contributed by atoms with E-state index in [2.05, 4.69) is 0 Å². The first kappa shape index (κ1) is 19.2. The van der Waals surface area contributed by atoms with Crippen LogP contribution in [-0.2, 0) is 28.6 Å². The van der Waals surface area contributed by atoms with Gasteiger partial charge in [0.15, 0.2) is 11.5 Å². The molecule has 0 N–H and O–H groups in total. The Labute approximate surface area is 165 Å². The first-order chi connectivity index (χ1) is 13.1. The van der Waals surface area contributed by atoms with Gasteiger partial charge in [0.05, 0.1) is 20.6 Å². The largest absolute Gasteiger partial charge is 0.493 e. The lowest BCUT2D eigenvalue weighted by molar-refractivity contribution is -0.217. The maximum absolute atomic E-state index is 13.7. The van der Waals surface area contributed by atoms with Crippen LogP contribution >= 0.6 is 0 Å². The SMILES string of the molecule is COC1=C[C@@H](C)C2CC3OC(=O)C[C@H]4C(C)=C(OC)C(=O)C([C@@]2(C)C1=O)[C@@]34C. The molecule has 4 rings (SSSR count). The van der Waals surface area contributed by atoms with Crippen molar-refractivity contribution in [3.8, 4) is 0 Å². The van der Waals surface area contributed by atoms with Crippen molar-refractivity contribution in [1.82, 2.24) is 0 Å². The minimum Gasteiger partial charge on any atom is -0.493 e. The Kier molecular flexibility index (Phi) is 4.08. The van der Waals surface area contributed by atoms with Crippen LogP contribution in [0.5, 0.6) is 0 Å². The fourth-order valence-corrected chi connectivity index (χ4v) is 6.81. The second-order valence-electron chi connectivity index (χ2n) is 9.16. The molecule has 0 bridgehead atoms. The minimum absolute atomic E-state index is 0.0204. The van der Waals surface area contributed by atoms with Crippen LogP contribution in [0.15, 0.2) is 23.2 Å². The van der Waals surface area contributed by atoms with Gasteiger partial charge >= 0.3 is 5.97 Å². The summed E-state index contributed by atoms with van der Waals surface area (Å²) in [5, 5.41) is 0. The molecule has 28 heavy (non-hydrogen) atoms. The summed E-state index contributed by atoms with van der Waals surface area (Å²) >= 11 is 0. The molecule has 152 valence electrons. The van der Waals surface area contributed by atoms with Crippen LogP contribution in [0.4, 0.5) is 0 Å². The molecule has 3 unspecified atom stereocenters. The highest BCUT2D eigenvalue weighted by Gasteiger charge is 2.72. The second kappa shape index (κ2) is 5.94. The van der Waals surface area contributed by atoms with E-state index in [1.54, 1.807) is 0 Å². The molecule has 0 spiro atoms. The molecule has 1 heterocycles. The van der Waals surface area contributed by atoms with Crippen LogP contribution in [0.3, 0.4) is 0 Å². The van der Waals surface area contributed by atoms with E-state index in [9.17, 15) is 14.4 Å². The molecule has 1 saturated heterocycles. The van der Waals surface area contributed by atoms with Gasteiger partial charge in [-0.05, 0) is 36.8 Å². The number of esters is 1. The van der Waals surface area contributed by atoms with Crippen LogP contribution < -0.4 is 0 Å². The molecule has 4 aliphatic rings. The lowest BCUT2D eigenvalue weighted by Crippen LogP contribution is -2.69. The van der Waals surface area contributed by atoms with Crippen molar-refractivity contribution < 1.29 is 28.6 Å². The first-order valence-electron chi connectivity index (χ1n) is 9.91. The highest BCUT2D eigenvalue weighted by molar-refractivity contribution is 6.07. The van der Waals surface area contributed by atoms with Gasteiger partial charge in [-0.2, -0.15) is 0 Å². The van der Waals surface area contributed by atoms with Crippen molar-refractivity contribution in [2.75, 3.05) is 14.2 Å². The Bertz CT molecular complexity index is 838. The highest BCUT2D eigenvalue weighted by atomic mass is 16.5. The van der Waals surface area contributed by atoms with Crippen LogP contribution in [0.25, 0.3) is 0 Å². The molecule has 7 atom stereocenters. The van der Waals surface area contributed by atoms with E-state index in [4.69, 9.17) is 14.2 Å². The third-order valence-electron chi connectivity index (χ3n) is 8.10. The zero-order chi connectivity index (χ0) is 20.6. The maximum Gasteiger partial charge on any atom is 0.306 e. The second-order valence-corrected chi connectivity index (χ2v) is 9.16. The van der Waals surface area contributed by atoms with Crippen molar-refractivity contribution in [3.05, 3.63) is 23.2 Å². The zero-order valence-corrected chi connectivity index (χ0v) is 17.3. The molecule has 0 amide bonds. The molecule has 0 aromatic rings. The Morgan fingerprint density at radius 1 is 1.14 bits per heavy atom. The molecule has 0 radical (unpaired) electrons. The molecule has 1 saturated carbocycles. The fraction of sp³-hybridized carbons (Fsp3) is 0.682. The Balaban J connectivity index is 1.99. The van der Waals surface area contributed by atoms with Gasteiger partial charge in [-0.1, -0.05) is 20.8 Å². The predicted molar refractivity (Wildman–Crippen MR) is 99.8 cm³/mol. The van der Waals surface area contributed by atoms with E-state index in [0.29, 0.717) is 12.2 Å². The van der Waals surface area contributed by atoms with Gasteiger partial charge in [-0.15, -0.1) is 0 Å². The van der Waals surface area contributed by atoms with Gasteiger partial charge in [0.1, 0.15) is 6.10 Å². The minimum atomic E-state index is -0.936. The molecular weight excluding hydrogens is 360 g/mol. The lowest BCUT2D eigenvalue weighted by Gasteiger charge is -2.64. The third kappa shape index (κ3) is 2.06. The molecule has 6 heteroatoms. The summed E-state index contributed by atoms with van der Waals surface area (Å²) in [4.78, 5) is 39.6. The fourth-order valence-electron chi connectivity index (χ4n) is 6.81. The third-order valence-corrected chi connectivity index (χ3v) is 8.10. The first-order valence-corrected chi connectivity index (χ1v) is 9.91. The Morgan fingerprint density at radius 3 is 2.43 bits per heavy atom. The van der Waals surface area contributed by atoms with E-state index in [1.165, 1.54) is 14.2 Å². The number of Topliss-reactive ketones (excluding diaryl/α,β-unsaturated/α-hetero) is 2. The average Bonchev–Trinajstić information content (AvgIpc) is 2.63. The topological polar surface area (TPSA) is 78.9 Å². The van der Waals surface area contributed by atoms with E-state index in [-0.39, 0.29) is 47.5 Å². The maximum atomic E-state index is 13.7. The number of allylic oxidation sites excluding steroid dienone is 4. The molecule has 3 aliphatic carbocycles. The number of methoxy groups -OCH3 is 2. The molecule has 0 aromatic carbocycles. The summed E-state index contributed by atoms with van der Waals surface area (Å²) in [7, 11) is 2.97.